The van der Waals surface area contributed by atoms with Crippen molar-refractivity contribution < 1.29 is 24.6 Å². The summed E-state index contributed by atoms with van der Waals surface area (Å²) in [6, 6.07) is 11.3. The molecular weight excluding hydrogens is 542 g/mol. The average Bonchev–Trinajstić information content (AvgIpc) is 3.41. The number of non-ortho nitro benzene ring substituents is 1. The quantitative estimate of drug-likeness (QED) is 0.228. The van der Waals surface area contributed by atoms with Crippen LogP contribution in [0.2, 0.25) is 10.0 Å². The molecule has 37 heavy (non-hydrogen) atoms. The minimum atomic E-state index is -1.99. The van der Waals surface area contributed by atoms with Gasteiger partial charge in [0.05, 0.1) is 28.1 Å². The molecule has 0 saturated carbocycles. The van der Waals surface area contributed by atoms with E-state index in [4.69, 9.17) is 23.2 Å². The van der Waals surface area contributed by atoms with Gasteiger partial charge in [0.25, 0.3) is 11.6 Å². The van der Waals surface area contributed by atoms with Crippen LogP contribution in [-0.2, 0) is 11.3 Å². The Kier molecular flexibility index (Phi) is 8.35. The highest BCUT2D eigenvalue weighted by Gasteiger charge is 2.35. The number of nitrogens with zero attached hydrogens (tertiary/aromatic N) is 3. The summed E-state index contributed by atoms with van der Waals surface area (Å²) in [4.78, 5) is 41.5. The fourth-order valence-electron chi connectivity index (χ4n) is 4.06. The first-order valence-electron chi connectivity index (χ1n) is 11.1. The number of hydrogen-bond acceptors (Lipinski definition) is 8. The van der Waals surface area contributed by atoms with Gasteiger partial charge in [-0.15, -0.1) is 11.3 Å². The molecule has 192 valence electrons. The SMILES string of the molecule is O=C(NCc1cccs1)[C@@H]1CN(C(=O)c2cc(B(O)O)cc([N+](=O)[O-])c2)CCN1c1ccc(Cl)c(Cl)c1. The number of anilines is 1. The Morgan fingerprint density at radius 3 is 2.57 bits per heavy atom. The van der Waals surface area contributed by atoms with Crippen LogP contribution < -0.4 is 15.7 Å². The number of carbonyl (C=O) groups excluding carboxylic acids is 2. The first-order valence-corrected chi connectivity index (χ1v) is 12.7. The molecule has 2 amide bonds. The molecule has 3 aromatic rings. The number of nitrogens with one attached hydrogen (secondary N) is 1. The highest BCUT2D eigenvalue weighted by Crippen LogP contribution is 2.30. The Morgan fingerprint density at radius 2 is 1.92 bits per heavy atom. The number of amides is 2. The van der Waals surface area contributed by atoms with Crippen molar-refractivity contribution >= 4 is 70.3 Å². The standard InChI is InChI=1S/C23H21BCl2N4O6S/c25-19-4-3-16(11-20(19)26)29-6-5-28(13-21(29)22(31)27-12-18-2-1-7-37-18)23(32)14-8-15(24(33)34)10-17(9-14)30(35)36/h1-4,7-11,21,33-34H,5-6,12-13H2,(H,27,31)/t21-/m0/s1. The molecule has 2 heterocycles. The van der Waals surface area contributed by atoms with Gasteiger partial charge in [-0.1, -0.05) is 29.3 Å². The molecule has 3 N–H and O–H groups in total. The van der Waals surface area contributed by atoms with E-state index in [0.29, 0.717) is 22.3 Å². The zero-order valence-corrected chi connectivity index (χ0v) is 21.5. The lowest BCUT2D eigenvalue weighted by Crippen LogP contribution is -2.60. The molecule has 1 aromatic heterocycles. The van der Waals surface area contributed by atoms with Crippen molar-refractivity contribution in [1.29, 1.82) is 0 Å². The van der Waals surface area contributed by atoms with Gasteiger partial charge in [-0.25, -0.2) is 0 Å². The Balaban J connectivity index is 1.61. The first kappa shape index (κ1) is 26.9. The highest BCUT2D eigenvalue weighted by atomic mass is 35.5. The van der Waals surface area contributed by atoms with Gasteiger partial charge in [0, 0.05) is 41.4 Å². The van der Waals surface area contributed by atoms with Gasteiger partial charge < -0.3 is 25.2 Å². The number of rotatable bonds is 7. The molecular formula is C23H21BCl2N4O6S. The van der Waals surface area contributed by atoms with Crippen LogP contribution in [0, 0.1) is 10.1 Å². The van der Waals surface area contributed by atoms with Crippen LogP contribution in [0.15, 0.2) is 53.9 Å². The zero-order valence-electron chi connectivity index (χ0n) is 19.2. The van der Waals surface area contributed by atoms with E-state index < -0.39 is 29.7 Å². The molecule has 1 saturated heterocycles. The van der Waals surface area contributed by atoms with Crippen LogP contribution in [0.4, 0.5) is 11.4 Å². The van der Waals surface area contributed by atoms with Gasteiger partial charge in [0.1, 0.15) is 6.04 Å². The summed E-state index contributed by atoms with van der Waals surface area (Å²) in [7, 11) is -1.99. The van der Waals surface area contributed by atoms with Crippen LogP contribution in [0.25, 0.3) is 0 Å². The zero-order chi connectivity index (χ0) is 26.7. The molecule has 0 spiro atoms. The van der Waals surface area contributed by atoms with Gasteiger partial charge in [-0.3, -0.25) is 19.7 Å². The summed E-state index contributed by atoms with van der Waals surface area (Å²) in [5, 5.41) is 35.9. The van der Waals surface area contributed by atoms with Crippen molar-refractivity contribution in [2.45, 2.75) is 12.6 Å². The minimum absolute atomic E-state index is 0.0188. The number of nitro benzene ring substituents is 1. The summed E-state index contributed by atoms with van der Waals surface area (Å²) in [5.74, 6) is -0.891. The second-order valence-electron chi connectivity index (χ2n) is 8.30. The monoisotopic (exact) mass is 562 g/mol. The maximum atomic E-state index is 13.4. The summed E-state index contributed by atoms with van der Waals surface area (Å²) < 4.78 is 0. The largest absolute Gasteiger partial charge is 0.488 e. The molecule has 2 aromatic carbocycles. The van der Waals surface area contributed by atoms with Crippen LogP contribution >= 0.6 is 34.5 Å². The molecule has 0 aliphatic carbocycles. The van der Waals surface area contributed by atoms with Crippen molar-refractivity contribution in [3.8, 4) is 0 Å². The Hall–Kier alpha value is -3.16. The van der Waals surface area contributed by atoms with E-state index in [1.165, 1.54) is 22.3 Å². The van der Waals surface area contributed by atoms with E-state index in [1.807, 2.05) is 22.4 Å². The average molecular weight is 563 g/mol. The lowest BCUT2D eigenvalue weighted by molar-refractivity contribution is -0.384. The number of nitro groups is 1. The molecule has 4 rings (SSSR count). The second-order valence-corrected chi connectivity index (χ2v) is 10.1. The molecule has 14 heteroatoms. The van der Waals surface area contributed by atoms with E-state index in [1.54, 1.807) is 18.2 Å². The van der Waals surface area contributed by atoms with Gasteiger partial charge in [-0.2, -0.15) is 0 Å². The van der Waals surface area contributed by atoms with Crippen molar-refractivity contribution in [1.82, 2.24) is 10.2 Å². The van der Waals surface area contributed by atoms with Crippen molar-refractivity contribution in [2.24, 2.45) is 0 Å². The third-order valence-electron chi connectivity index (χ3n) is 5.92. The predicted molar refractivity (Wildman–Crippen MR) is 143 cm³/mol. The van der Waals surface area contributed by atoms with E-state index in [9.17, 15) is 29.8 Å². The Morgan fingerprint density at radius 1 is 1.14 bits per heavy atom. The predicted octanol–water partition coefficient (Wildman–Crippen LogP) is 2.29. The minimum Gasteiger partial charge on any atom is -0.423 e. The molecule has 1 aliphatic heterocycles. The molecule has 10 nitrogen and oxygen atoms in total. The van der Waals surface area contributed by atoms with Gasteiger partial charge in [-0.05, 0) is 41.2 Å². The van der Waals surface area contributed by atoms with Gasteiger partial charge >= 0.3 is 7.12 Å². The van der Waals surface area contributed by atoms with E-state index in [2.05, 4.69) is 5.32 Å². The fourth-order valence-corrected chi connectivity index (χ4v) is 5.00. The lowest BCUT2D eigenvalue weighted by atomic mass is 9.79. The lowest BCUT2D eigenvalue weighted by Gasteiger charge is -2.42. The van der Waals surface area contributed by atoms with Crippen LogP contribution in [0.3, 0.4) is 0 Å². The van der Waals surface area contributed by atoms with Crippen LogP contribution in [0.1, 0.15) is 15.2 Å². The van der Waals surface area contributed by atoms with Crippen LogP contribution in [0.5, 0.6) is 0 Å². The van der Waals surface area contributed by atoms with Crippen LogP contribution in [-0.4, -0.2) is 64.5 Å². The maximum absolute atomic E-state index is 13.4. The third kappa shape index (κ3) is 6.23. The number of piperazine rings is 1. The molecule has 1 fully saturated rings. The fraction of sp³-hybridized carbons (Fsp3) is 0.217. The van der Waals surface area contributed by atoms with Crippen molar-refractivity contribution in [2.75, 3.05) is 24.5 Å². The Labute approximate surface area is 226 Å². The number of benzene rings is 2. The normalized spacial score (nSPS) is 15.4. The highest BCUT2D eigenvalue weighted by molar-refractivity contribution is 7.09. The smallest absolute Gasteiger partial charge is 0.423 e. The first-order chi connectivity index (χ1) is 17.6. The maximum Gasteiger partial charge on any atom is 0.488 e. The molecule has 0 bridgehead atoms. The molecule has 1 atom stereocenters. The van der Waals surface area contributed by atoms with Crippen molar-refractivity contribution in [3.05, 3.63) is 84.5 Å². The summed E-state index contributed by atoms with van der Waals surface area (Å²) >= 11 is 13.8. The second kappa shape index (κ2) is 11.5. The summed E-state index contributed by atoms with van der Waals surface area (Å²) in [6.45, 7) is 0.770. The molecule has 0 radical (unpaired) electrons. The molecule has 1 aliphatic rings. The number of thiophene rings is 1. The number of carbonyl (C=O) groups is 2. The van der Waals surface area contributed by atoms with Gasteiger partial charge in [0.2, 0.25) is 5.91 Å². The topological polar surface area (TPSA) is 136 Å². The third-order valence-corrected chi connectivity index (χ3v) is 7.53. The number of hydrogen-bond donors (Lipinski definition) is 3. The van der Waals surface area contributed by atoms with Crippen molar-refractivity contribution in [3.63, 3.8) is 0 Å². The number of halogens is 2. The molecule has 0 unspecified atom stereocenters. The summed E-state index contributed by atoms with van der Waals surface area (Å²) in [6.07, 6.45) is 0. The van der Waals surface area contributed by atoms with E-state index >= 15 is 0 Å². The summed E-state index contributed by atoms with van der Waals surface area (Å²) in [5.41, 5.74) is -0.0669. The van der Waals surface area contributed by atoms with E-state index in [-0.39, 0.29) is 36.6 Å². The Bertz CT molecular complexity index is 1330. The van der Waals surface area contributed by atoms with E-state index in [0.717, 1.165) is 17.0 Å². The van der Waals surface area contributed by atoms with Gasteiger partial charge in [0.15, 0.2) is 0 Å².